The fraction of sp³-hybridized carbons (Fsp3) is 0.545. The molecule has 0 aliphatic carbocycles. The second kappa shape index (κ2) is 4.62. The van der Waals surface area contributed by atoms with Gasteiger partial charge in [-0.05, 0) is 18.1 Å². The largest absolute Gasteiger partial charge is 0.433 e. The summed E-state index contributed by atoms with van der Waals surface area (Å²) in [5.41, 5.74) is 5.69. The molecular weight excluding hydrogens is 231 g/mol. The topological polar surface area (TPSA) is 42.1 Å². The Morgan fingerprint density at radius 1 is 1.41 bits per heavy atom. The number of nitrogens with zero attached hydrogens (tertiary/aromatic N) is 2. The summed E-state index contributed by atoms with van der Waals surface area (Å²) in [6, 6.07) is 2.67. The van der Waals surface area contributed by atoms with E-state index in [9.17, 15) is 13.2 Å². The summed E-state index contributed by atoms with van der Waals surface area (Å²) in [6.07, 6.45) is -2.14. The van der Waals surface area contributed by atoms with Crippen molar-refractivity contribution in [1.29, 1.82) is 0 Å². The van der Waals surface area contributed by atoms with Crippen molar-refractivity contribution in [2.24, 2.45) is 5.73 Å². The Bertz CT molecular complexity index is 375. The molecular formula is C11H14F3N3. The number of pyridine rings is 1. The number of rotatable bonds is 2. The molecule has 6 heteroatoms. The van der Waals surface area contributed by atoms with Crippen LogP contribution in [0.1, 0.15) is 17.7 Å². The van der Waals surface area contributed by atoms with Crippen LogP contribution in [-0.2, 0) is 12.7 Å². The van der Waals surface area contributed by atoms with E-state index in [-0.39, 0.29) is 6.04 Å². The molecule has 17 heavy (non-hydrogen) atoms. The molecule has 0 amide bonds. The van der Waals surface area contributed by atoms with Crippen molar-refractivity contribution >= 4 is 0 Å². The molecule has 1 aromatic rings. The van der Waals surface area contributed by atoms with E-state index < -0.39 is 11.9 Å². The zero-order valence-electron chi connectivity index (χ0n) is 9.24. The third kappa shape index (κ3) is 3.17. The molecule has 2 rings (SSSR count). The van der Waals surface area contributed by atoms with Gasteiger partial charge in [0.15, 0.2) is 0 Å². The van der Waals surface area contributed by atoms with Crippen molar-refractivity contribution < 1.29 is 13.2 Å². The van der Waals surface area contributed by atoms with Gasteiger partial charge in [0.25, 0.3) is 0 Å². The maximum absolute atomic E-state index is 12.3. The van der Waals surface area contributed by atoms with Crippen molar-refractivity contribution in [3.05, 3.63) is 29.6 Å². The standard InChI is InChI=1S/C11H14F3N3/c12-11(13,14)10-2-1-8(5-16-10)6-17-4-3-9(15)7-17/h1-2,5,9H,3-4,6-7,15H2. The highest BCUT2D eigenvalue weighted by Crippen LogP contribution is 2.27. The highest BCUT2D eigenvalue weighted by Gasteiger charge is 2.32. The van der Waals surface area contributed by atoms with Crippen LogP contribution in [0.15, 0.2) is 18.3 Å². The molecule has 0 saturated carbocycles. The number of aromatic nitrogens is 1. The number of hydrogen-bond donors (Lipinski definition) is 1. The van der Waals surface area contributed by atoms with Crippen molar-refractivity contribution in [1.82, 2.24) is 9.88 Å². The first-order chi connectivity index (χ1) is 7.95. The summed E-state index contributed by atoms with van der Waals surface area (Å²) in [4.78, 5) is 5.55. The van der Waals surface area contributed by atoms with Crippen LogP contribution in [0, 0.1) is 0 Å². The number of likely N-dealkylation sites (tertiary alicyclic amines) is 1. The van der Waals surface area contributed by atoms with Crippen LogP contribution in [0.3, 0.4) is 0 Å². The summed E-state index contributed by atoms with van der Waals surface area (Å²) in [6.45, 7) is 2.29. The van der Waals surface area contributed by atoms with E-state index in [0.29, 0.717) is 6.54 Å². The monoisotopic (exact) mass is 245 g/mol. The van der Waals surface area contributed by atoms with Crippen LogP contribution in [0.2, 0.25) is 0 Å². The third-order valence-electron chi connectivity index (χ3n) is 2.83. The second-order valence-electron chi connectivity index (χ2n) is 4.33. The molecule has 3 nitrogen and oxygen atoms in total. The zero-order valence-corrected chi connectivity index (χ0v) is 9.24. The lowest BCUT2D eigenvalue weighted by molar-refractivity contribution is -0.141. The normalized spacial score (nSPS) is 22.0. The molecule has 2 heterocycles. The summed E-state index contributed by atoms with van der Waals surface area (Å²) >= 11 is 0. The predicted octanol–water partition coefficient (Wildman–Crippen LogP) is 1.63. The minimum atomic E-state index is -4.37. The fourth-order valence-corrected chi connectivity index (χ4v) is 1.95. The van der Waals surface area contributed by atoms with Crippen molar-refractivity contribution in [2.45, 2.75) is 25.2 Å². The van der Waals surface area contributed by atoms with Crippen molar-refractivity contribution in [3.8, 4) is 0 Å². The number of alkyl halides is 3. The lowest BCUT2D eigenvalue weighted by Crippen LogP contribution is -2.26. The SMILES string of the molecule is NC1CCN(Cc2ccc(C(F)(F)F)nc2)C1. The lowest BCUT2D eigenvalue weighted by atomic mass is 10.2. The van der Waals surface area contributed by atoms with Gasteiger partial charge in [-0.25, -0.2) is 0 Å². The molecule has 0 spiro atoms. The maximum Gasteiger partial charge on any atom is 0.433 e. The first-order valence-electron chi connectivity index (χ1n) is 5.45. The lowest BCUT2D eigenvalue weighted by Gasteiger charge is -2.15. The van der Waals surface area contributed by atoms with Crippen LogP contribution >= 0.6 is 0 Å². The minimum absolute atomic E-state index is 0.178. The predicted molar refractivity (Wildman–Crippen MR) is 57.1 cm³/mol. The van der Waals surface area contributed by atoms with Gasteiger partial charge in [-0.15, -0.1) is 0 Å². The van der Waals surface area contributed by atoms with E-state index in [1.165, 1.54) is 12.3 Å². The van der Waals surface area contributed by atoms with Gasteiger partial charge in [-0.1, -0.05) is 6.07 Å². The van der Waals surface area contributed by atoms with Gasteiger partial charge in [0, 0.05) is 31.9 Å². The summed E-state index contributed by atoms with van der Waals surface area (Å²) < 4.78 is 36.9. The summed E-state index contributed by atoms with van der Waals surface area (Å²) in [7, 11) is 0. The molecule has 1 atom stereocenters. The molecule has 2 N–H and O–H groups in total. The molecule has 94 valence electrons. The zero-order chi connectivity index (χ0) is 12.5. The number of nitrogens with two attached hydrogens (primary N) is 1. The van der Waals surface area contributed by atoms with E-state index in [0.717, 1.165) is 31.1 Å². The molecule has 0 radical (unpaired) electrons. The van der Waals surface area contributed by atoms with Crippen LogP contribution in [0.25, 0.3) is 0 Å². The molecule has 0 bridgehead atoms. The Morgan fingerprint density at radius 3 is 2.65 bits per heavy atom. The van der Waals surface area contributed by atoms with Gasteiger partial charge in [0.05, 0.1) is 0 Å². The Kier molecular flexibility index (Phi) is 3.35. The highest BCUT2D eigenvalue weighted by molar-refractivity contribution is 5.16. The average Bonchev–Trinajstić information content (AvgIpc) is 2.63. The number of hydrogen-bond acceptors (Lipinski definition) is 3. The number of halogens is 3. The van der Waals surface area contributed by atoms with E-state index in [4.69, 9.17) is 5.73 Å². The van der Waals surface area contributed by atoms with E-state index >= 15 is 0 Å². The quantitative estimate of drug-likeness (QED) is 0.861. The summed E-state index contributed by atoms with van der Waals surface area (Å²) in [5, 5.41) is 0. The Labute approximate surface area is 97.4 Å². The second-order valence-corrected chi connectivity index (χ2v) is 4.33. The first-order valence-corrected chi connectivity index (χ1v) is 5.45. The molecule has 1 unspecified atom stereocenters. The van der Waals surface area contributed by atoms with Gasteiger partial charge >= 0.3 is 6.18 Å². The van der Waals surface area contributed by atoms with Gasteiger partial charge in [0.2, 0.25) is 0 Å². The van der Waals surface area contributed by atoms with Crippen molar-refractivity contribution in [2.75, 3.05) is 13.1 Å². The Balaban J connectivity index is 1.99. The Hall–Kier alpha value is -1.14. The van der Waals surface area contributed by atoms with E-state index in [1.54, 1.807) is 0 Å². The van der Waals surface area contributed by atoms with Crippen molar-refractivity contribution in [3.63, 3.8) is 0 Å². The molecule has 1 aliphatic rings. The van der Waals surface area contributed by atoms with Crippen LogP contribution in [0.5, 0.6) is 0 Å². The smallest absolute Gasteiger partial charge is 0.326 e. The molecule has 1 saturated heterocycles. The van der Waals surface area contributed by atoms with Gasteiger partial charge in [-0.3, -0.25) is 9.88 Å². The van der Waals surface area contributed by atoms with E-state index in [1.807, 2.05) is 0 Å². The summed E-state index contributed by atoms with van der Waals surface area (Å²) in [5.74, 6) is 0. The fourth-order valence-electron chi connectivity index (χ4n) is 1.95. The van der Waals surface area contributed by atoms with Crippen LogP contribution in [0.4, 0.5) is 13.2 Å². The molecule has 1 aromatic heterocycles. The maximum atomic E-state index is 12.3. The van der Waals surface area contributed by atoms with E-state index in [2.05, 4.69) is 9.88 Å². The molecule has 1 fully saturated rings. The molecule has 1 aliphatic heterocycles. The first kappa shape index (κ1) is 12.3. The Morgan fingerprint density at radius 2 is 2.18 bits per heavy atom. The third-order valence-corrected chi connectivity index (χ3v) is 2.83. The van der Waals surface area contributed by atoms with Gasteiger partial charge in [-0.2, -0.15) is 13.2 Å². The average molecular weight is 245 g/mol. The molecule has 0 aromatic carbocycles. The highest BCUT2D eigenvalue weighted by atomic mass is 19.4. The minimum Gasteiger partial charge on any atom is -0.326 e. The van der Waals surface area contributed by atoms with Gasteiger partial charge < -0.3 is 5.73 Å². The van der Waals surface area contributed by atoms with Gasteiger partial charge in [0.1, 0.15) is 5.69 Å². The van der Waals surface area contributed by atoms with Crippen LogP contribution < -0.4 is 5.73 Å². The van der Waals surface area contributed by atoms with Crippen LogP contribution in [-0.4, -0.2) is 29.0 Å².